The van der Waals surface area contributed by atoms with Crippen LogP contribution in [0.4, 0.5) is 0 Å². The number of thiophene rings is 1. The van der Waals surface area contributed by atoms with E-state index in [-0.39, 0.29) is 23.9 Å². The largest absolute Gasteiger partial charge is 0.340 e. The lowest BCUT2D eigenvalue weighted by Gasteiger charge is -2.36. The van der Waals surface area contributed by atoms with Gasteiger partial charge in [0.25, 0.3) is 5.91 Å². The van der Waals surface area contributed by atoms with E-state index in [0.29, 0.717) is 24.1 Å². The summed E-state index contributed by atoms with van der Waals surface area (Å²) in [6.45, 7) is 3.85. The van der Waals surface area contributed by atoms with Gasteiger partial charge in [0.05, 0.1) is 10.9 Å². The summed E-state index contributed by atoms with van der Waals surface area (Å²) >= 11 is 1.28. The molecule has 2 aromatic heterocycles. The second-order valence-electron chi connectivity index (χ2n) is 9.91. The number of rotatable bonds is 7. The summed E-state index contributed by atoms with van der Waals surface area (Å²) in [5.41, 5.74) is 6.09. The molecular formula is C27H32N4O5S2. The average molecular weight is 557 g/mol. The number of hydrogen-bond donors (Lipinski definition) is 2. The fourth-order valence-electron chi connectivity index (χ4n) is 4.70. The standard InChI is InChI=1S/C27H32N4O5S2/c1-17(2)15-21(30-25(33)24-19-10-4-3-9-18(19)16-37-24)26(34)31-14-8-6-11-20(28)23(32)27(31)38(35,36)22-12-5-7-13-29-22/h3-5,7,9-10,12-13,16-17,20-21,27H,6,8,11,14-15,28H2,1-2H3,(H,30,33)/t20?,21-,27?/m0/s1. The van der Waals surface area contributed by atoms with Crippen LogP contribution in [-0.2, 0) is 19.4 Å². The Morgan fingerprint density at radius 3 is 2.61 bits per heavy atom. The number of carbonyl (C=O) groups is 3. The Morgan fingerprint density at radius 1 is 1.16 bits per heavy atom. The lowest BCUT2D eigenvalue weighted by molar-refractivity contribution is -0.139. The van der Waals surface area contributed by atoms with E-state index in [1.54, 1.807) is 6.07 Å². The first-order chi connectivity index (χ1) is 18.1. The van der Waals surface area contributed by atoms with E-state index in [1.165, 1.54) is 29.7 Å². The van der Waals surface area contributed by atoms with E-state index >= 15 is 0 Å². The Labute approximate surface area is 226 Å². The molecule has 0 spiro atoms. The van der Waals surface area contributed by atoms with Gasteiger partial charge in [-0.3, -0.25) is 14.4 Å². The van der Waals surface area contributed by atoms with Crippen molar-refractivity contribution in [1.82, 2.24) is 15.2 Å². The number of fused-ring (bicyclic) bond motifs is 1. The maximum atomic E-state index is 14.0. The van der Waals surface area contributed by atoms with Crippen LogP contribution in [0.1, 0.15) is 49.2 Å². The third-order valence-corrected chi connectivity index (χ3v) is 9.50. The number of pyridine rings is 1. The minimum absolute atomic E-state index is 0.00268. The Hall–Kier alpha value is -3.15. The van der Waals surface area contributed by atoms with Crippen molar-refractivity contribution in [3.63, 3.8) is 0 Å². The predicted octanol–water partition coefficient (Wildman–Crippen LogP) is 3.15. The lowest BCUT2D eigenvalue weighted by atomic mass is 9.99. The first-order valence-electron chi connectivity index (χ1n) is 12.6. The molecule has 1 aliphatic heterocycles. The molecule has 11 heteroatoms. The monoisotopic (exact) mass is 556 g/mol. The van der Waals surface area contributed by atoms with E-state index in [1.807, 2.05) is 43.5 Å². The third kappa shape index (κ3) is 5.79. The van der Waals surface area contributed by atoms with E-state index in [0.717, 1.165) is 15.7 Å². The highest BCUT2D eigenvalue weighted by Crippen LogP contribution is 2.27. The number of hydrogen-bond acceptors (Lipinski definition) is 8. The fourth-order valence-corrected chi connectivity index (χ4v) is 7.36. The molecule has 9 nitrogen and oxygen atoms in total. The van der Waals surface area contributed by atoms with E-state index in [2.05, 4.69) is 10.3 Å². The zero-order valence-corrected chi connectivity index (χ0v) is 23.0. The minimum atomic E-state index is -4.39. The van der Waals surface area contributed by atoms with Crippen molar-refractivity contribution < 1.29 is 22.8 Å². The number of benzene rings is 1. The summed E-state index contributed by atoms with van der Waals surface area (Å²) in [5, 5.41) is 4.27. The Morgan fingerprint density at radius 2 is 1.89 bits per heavy atom. The van der Waals surface area contributed by atoms with Gasteiger partial charge in [-0.25, -0.2) is 13.4 Å². The summed E-state index contributed by atoms with van der Waals surface area (Å²) in [6.07, 6.45) is 2.95. The Bertz CT molecular complexity index is 1420. The Balaban J connectivity index is 1.71. The number of ketones is 1. The van der Waals surface area contributed by atoms with Crippen LogP contribution in [0.25, 0.3) is 10.8 Å². The highest BCUT2D eigenvalue weighted by atomic mass is 32.2. The third-order valence-electron chi connectivity index (χ3n) is 6.59. The summed E-state index contributed by atoms with van der Waals surface area (Å²) < 4.78 is 27.4. The van der Waals surface area contributed by atoms with Crippen molar-refractivity contribution in [2.24, 2.45) is 11.7 Å². The highest BCUT2D eigenvalue weighted by molar-refractivity contribution is 7.92. The second-order valence-corrected chi connectivity index (χ2v) is 12.7. The molecule has 4 rings (SSSR count). The number of aromatic nitrogens is 1. The molecule has 0 aliphatic carbocycles. The normalized spacial score (nSPS) is 19.7. The molecule has 1 aromatic carbocycles. The molecule has 3 heterocycles. The molecule has 202 valence electrons. The molecule has 3 atom stereocenters. The van der Waals surface area contributed by atoms with E-state index in [9.17, 15) is 22.8 Å². The van der Waals surface area contributed by atoms with Gasteiger partial charge in [0, 0.05) is 18.1 Å². The molecule has 2 amide bonds. The van der Waals surface area contributed by atoms with Crippen LogP contribution in [0.5, 0.6) is 0 Å². The van der Waals surface area contributed by atoms with Crippen molar-refractivity contribution >= 4 is 49.5 Å². The fraction of sp³-hybridized carbons (Fsp3) is 0.407. The number of carbonyl (C=O) groups excluding carboxylic acids is 3. The van der Waals surface area contributed by atoms with Crippen LogP contribution in [0.15, 0.2) is 59.1 Å². The summed E-state index contributed by atoms with van der Waals surface area (Å²) in [7, 11) is -4.39. The SMILES string of the molecule is CC(C)C[C@H](NC(=O)c1scc2ccccc12)C(=O)N1CCCCC(N)C(=O)C1S(=O)(=O)c1ccccn1. The molecular weight excluding hydrogens is 524 g/mol. The summed E-state index contributed by atoms with van der Waals surface area (Å²) in [4.78, 5) is 46.3. The van der Waals surface area contributed by atoms with Crippen molar-refractivity contribution in [2.75, 3.05) is 6.54 Å². The van der Waals surface area contributed by atoms with Crippen LogP contribution in [-0.4, -0.2) is 59.9 Å². The molecule has 1 aliphatic rings. The minimum Gasteiger partial charge on any atom is -0.340 e. The van der Waals surface area contributed by atoms with Gasteiger partial charge in [0.2, 0.25) is 21.1 Å². The summed E-state index contributed by atoms with van der Waals surface area (Å²) in [5.74, 6) is -1.79. The van der Waals surface area contributed by atoms with Gasteiger partial charge in [-0.15, -0.1) is 11.3 Å². The maximum absolute atomic E-state index is 14.0. The molecule has 0 saturated carbocycles. The van der Waals surface area contributed by atoms with Gasteiger partial charge >= 0.3 is 0 Å². The number of Topliss-reactive ketones (excluding diaryl/α,β-unsaturated/α-hetero) is 1. The molecule has 38 heavy (non-hydrogen) atoms. The number of nitrogens with zero attached hydrogens (tertiary/aromatic N) is 2. The summed E-state index contributed by atoms with van der Waals surface area (Å²) in [6, 6.07) is 9.76. The van der Waals surface area contributed by atoms with Crippen LogP contribution in [0.3, 0.4) is 0 Å². The lowest BCUT2D eigenvalue weighted by Crippen LogP contribution is -2.60. The topological polar surface area (TPSA) is 140 Å². The highest BCUT2D eigenvalue weighted by Gasteiger charge is 2.46. The van der Waals surface area contributed by atoms with Crippen molar-refractivity contribution in [3.8, 4) is 0 Å². The van der Waals surface area contributed by atoms with Gasteiger partial charge in [0.1, 0.15) is 6.04 Å². The average Bonchev–Trinajstić information content (AvgIpc) is 3.33. The van der Waals surface area contributed by atoms with Crippen LogP contribution in [0, 0.1) is 5.92 Å². The Kier molecular flexibility index (Phi) is 8.59. The van der Waals surface area contributed by atoms with Gasteiger partial charge in [-0.2, -0.15) is 0 Å². The first kappa shape index (κ1) is 27.9. The van der Waals surface area contributed by atoms with Crippen LogP contribution in [0.2, 0.25) is 0 Å². The van der Waals surface area contributed by atoms with E-state index < -0.39 is 44.9 Å². The number of amides is 2. The van der Waals surface area contributed by atoms with E-state index in [4.69, 9.17) is 5.73 Å². The van der Waals surface area contributed by atoms with Crippen molar-refractivity contribution in [2.45, 2.75) is 62.0 Å². The van der Waals surface area contributed by atoms with Crippen molar-refractivity contribution in [3.05, 3.63) is 58.9 Å². The predicted molar refractivity (Wildman–Crippen MR) is 146 cm³/mol. The van der Waals surface area contributed by atoms with Gasteiger partial charge in [0.15, 0.2) is 10.8 Å². The molecule has 0 bridgehead atoms. The molecule has 3 N–H and O–H groups in total. The molecule has 2 unspecified atom stereocenters. The number of sulfone groups is 1. The number of nitrogens with one attached hydrogen (secondary N) is 1. The van der Waals surface area contributed by atoms with Gasteiger partial charge < -0.3 is 16.0 Å². The van der Waals surface area contributed by atoms with Crippen LogP contribution < -0.4 is 11.1 Å². The quantitative estimate of drug-likeness (QED) is 0.456. The molecule has 1 fully saturated rings. The van der Waals surface area contributed by atoms with Gasteiger partial charge in [-0.05, 0) is 54.5 Å². The van der Waals surface area contributed by atoms with Crippen LogP contribution >= 0.6 is 11.3 Å². The molecule has 0 radical (unpaired) electrons. The molecule has 1 saturated heterocycles. The first-order valence-corrected chi connectivity index (χ1v) is 15.1. The molecule has 3 aromatic rings. The maximum Gasteiger partial charge on any atom is 0.262 e. The zero-order valence-electron chi connectivity index (χ0n) is 21.4. The van der Waals surface area contributed by atoms with Gasteiger partial charge in [-0.1, -0.05) is 44.2 Å². The zero-order chi connectivity index (χ0) is 27.4. The number of nitrogens with two attached hydrogens (primary N) is 1. The second kappa shape index (κ2) is 11.7. The number of likely N-dealkylation sites (tertiary alicyclic amines) is 1. The smallest absolute Gasteiger partial charge is 0.262 e. The van der Waals surface area contributed by atoms with Crippen molar-refractivity contribution in [1.29, 1.82) is 0 Å².